The molecular formula is C18H23N3O4. The number of hydrogen-bond donors (Lipinski definition) is 2. The van der Waals surface area contributed by atoms with Gasteiger partial charge in [-0.05, 0) is 44.5 Å². The summed E-state index contributed by atoms with van der Waals surface area (Å²) in [7, 11) is 0. The number of carbonyl (C=O) groups excluding carboxylic acids is 1. The largest absolute Gasteiger partial charge is 0.444 e. The van der Waals surface area contributed by atoms with E-state index >= 15 is 0 Å². The topological polar surface area (TPSA) is 93.6 Å². The lowest BCUT2D eigenvalue weighted by Crippen LogP contribution is -2.35. The molecule has 1 amide bonds. The lowest BCUT2D eigenvalue weighted by atomic mass is 10.00. The molecule has 0 saturated carbocycles. The monoisotopic (exact) mass is 345 g/mol. The van der Waals surface area contributed by atoms with Gasteiger partial charge in [-0.15, -0.1) is 0 Å². The summed E-state index contributed by atoms with van der Waals surface area (Å²) in [4.78, 5) is 19.7. The van der Waals surface area contributed by atoms with Crippen molar-refractivity contribution in [1.82, 2.24) is 15.3 Å². The Labute approximate surface area is 147 Å². The average Bonchev–Trinajstić information content (AvgIpc) is 2.56. The molecule has 7 heteroatoms. The quantitative estimate of drug-likeness (QED) is 0.836. The molecule has 2 N–H and O–H groups in total. The van der Waals surface area contributed by atoms with Crippen molar-refractivity contribution in [3.63, 3.8) is 0 Å². The molecule has 7 nitrogen and oxygen atoms in total. The summed E-state index contributed by atoms with van der Waals surface area (Å²) < 4.78 is 10.7. The van der Waals surface area contributed by atoms with Gasteiger partial charge in [0.2, 0.25) is 0 Å². The van der Waals surface area contributed by atoms with Gasteiger partial charge >= 0.3 is 12.1 Å². The number of aromatic nitrogens is 2. The Morgan fingerprint density at radius 2 is 1.84 bits per heavy atom. The maximum absolute atomic E-state index is 11.7. The molecule has 1 aromatic heterocycles. The van der Waals surface area contributed by atoms with Crippen molar-refractivity contribution in [1.29, 1.82) is 0 Å². The number of rotatable bonds is 6. The number of aliphatic hydroxyl groups excluding tert-OH is 1. The summed E-state index contributed by atoms with van der Waals surface area (Å²) in [5.74, 6) is 0.348. The van der Waals surface area contributed by atoms with Crippen LogP contribution in [0.2, 0.25) is 0 Å². The van der Waals surface area contributed by atoms with Gasteiger partial charge in [0.25, 0.3) is 0 Å². The first kappa shape index (κ1) is 18.7. The van der Waals surface area contributed by atoms with E-state index in [0.29, 0.717) is 5.75 Å². The molecule has 134 valence electrons. The fraction of sp³-hybridized carbons (Fsp3) is 0.389. The molecule has 25 heavy (non-hydrogen) atoms. The predicted molar refractivity (Wildman–Crippen MR) is 92.6 cm³/mol. The van der Waals surface area contributed by atoms with Crippen LogP contribution in [0, 0.1) is 0 Å². The molecule has 1 atom stereocenters. The van der Waals surface area contributed by atoms with E-state index in [1.165, 1.54) is 0 Å². The third kappa shape index (κ3) is 6.39. The van der Waals surface area contributed by atoms with E-state index in [0.717, 1.165) is 5.56 Å². The van der Waals surface area contributed by atoms with E-state index in [-0.39, 0.29) is 25.1 Å². The van der Waals surface area contributed by atoms with Crippen molar-refractivity contribution < 1.29 is 19.4 Å². The normalized spacial score (nSPS) is 12.3. The average molecular weight is 345 g/mol. The molecule has 2 rings (SSSR count). The summed E-state index contributed by atoms with van der Waals surface area (Å²) in [6, 6.07) is 9.16. The molecule has 1 heterocycles. The highest BCUT2D eigenvalue weighted by atomic mass is 16.6. The van der Waals surface area contributed by atoms with Crippen LogP contribution in [0.5, 0.6) is 11.8 Å². The van der Waals surface area contributed by atoms with E-state index in [2.05, 4.69) is 15.3 Å². The summed E-state index contributed by atoms with van der Waals surface area (Å²) in [6.45, 7) is 5.56. The summed E-state index contributed by atoms with van der Waals surface area (Å²) in [5.41, 5.74) is 0.317. The lowest BCUT2D eigenvalue weighted by molar-refractivity contribution is 0.0521. The number of ether oxygens (including phenoxy) is 2. The first-order chi connectivity index (χ1) is 11.9. The first-order valence-corrected chi connectivity index (χ1v) is 8.00. The number of carbonyl (C=O) groups is 1. The van der Waals surface area contributed by atoms with Crippen molar-refractivity contribution >= 4 is 6.09 Å². The molecule has 0 aliphatic rings. The third-order valence-electron chi connectivity index (χ3n) is 3.21. The molecule has 1 aromatic carbocycles. The van der Waals surface area contributed by atoms with Crippen LogP contribution >= 0.6 is 0 Å². The van der Waals surface area contributed by atoms with Crippen LogP contribution < -0.4 is 10.1 Å². The number of alkyl carbamates (subject to hydrolysis) is 1. The Kier molecular flexibility index (Phi) is 6.30. The Bertz CT molecular complexity index is 669. The van der Waals surface area contributed by atoms with Crippen molar-refractivity contribution in [3.8, 4) is 11.8 Å². The van der Waals surface area contributed by atoms with Crippen LogP contribution in [0.15, 0.2) is 42.7 Å². The van der Waals surface area contributed by atoms with Gasteiger partial charge in [0, 0.05) is 24.9 Å². The second-order valence-corrected chi connectivity index (χ2v) is 6.46. The van der Waals surface area contributed by atoms with E-state index in [4.69, 9.17) is 9.47 Å². The van der Waals surface area contributed by atoms with Gasteiger partial charge in [0.1, 0.15) is 11.4 Å². The van der Waals surface area contributed by atoms with Crippen molar-refractivity contribution in [2.24, 2.45) is 0 Å². The Balaban J connectivity index is 1.93. The molecule has 0 spiro atoms. The predicted octanol–water partition coefficient (Wildman–Crippen LogP) is 2.87. The van der Waals surface area contributed by atoms with Gasteiger partial charge in [-0.2, -0.15) is 0 Å². The summed E-state index contributed by atoms with van der Waals surface area (Å²) in [5, 5.41) is 12.3. The standard InChI is InChI=1S/C18H23N3O4/c1-18(2,3)25-17(23)21-11-14(12-22)13-5-7-15(8-6-13)24-16-19-9-4-10-20-16/h4-10,14,22H,11-12H2,1-3H3,(H,21,23). The zero-order valence-electron chi connectivity index (χ0n) is 14.6. The minimum Gasteiger partial charge on any atom is -0.444 e. The zero-order valence-corrected chi connectivity index (χ0v) is 14.6. The minimum atomic E-state index is -0.558. The lowest BCUT2D eigenvalue weighted by Gasteiger charge is -2.21. The minimum absolute atomic E-state index is 0.0994. The van der Waals surface area contributed by atoms with Crippen LogP contribution in [-0.4, -0.2) is 39.9 Å². The van der Waals surface area contributed by atoms with Crippen LogP contribution in [0.25, 0.3) is 0 Å². The van der Waals surface area contributed by atoms with Gasteiger partial charge in [0.15, 0.2) is 0 Å². The van der Waals surface area contributed by atoms with E-state index in [1.807, 2.05) is 12.1 Å². The van der Waals surface area contributed by atoms with Gasteiger partial charge < -0.3 is 19.9 Å². The van der Waals surface area contributed by atoms with E-state index in [1.54, 1.807) is 51.4 Å². The van der Waals surface area contributed by atoms with Gasteiger partial charge in [-0.3, -0.25) is 0 Å². The number of amides is 1. The van der Waals surface area contributed by atoms with Gasteiger partial charge in [0.05, 0.1) is 6.61 Å². The molecule has 0 fully saturated rings. The van der Waals surface area contributed by atoms with E-state index < -0.39 is 11.7 Å². The molecule has 1 unspecified atom stereocenters. The molecule has 0 aliphatic heterocycles. The fourth-order valence-corrected chi connectivity index (χ4v) is 2.06. The molecule has 0 bridgehead atoms. The Morgan fingerprint density at radius 3 is 2.40 bits per heavy atom. The summed E-state index contributed by atoms with van der Waals surface area (Å²) in [6.07, 6.45) is 2.69. The zero-order chi connectivity index (χ0) is 18.3. The second kappa shape index (κ2) is 8.43. The fourth-order valence-electron chi connectivity index (χ4n) is 2.06. The highest BCUT2D eigenvalue weighted by molar-refractivity contribution is 5.67. The number of nitrogens with one attached hydrogen (secondary N) is 1. The van der Waals surface area contributed by atoms with Crippen LogP contribution in [0.1, 0.15) is 32.3 Å². The molecule has 2 aromatic rings. The molecular weight excluding hydrogens is 322 g/mol. The first-order valence-electron chi connectivity index (χ1n) is 8.00. The van der Waals surface area contributed by atoms with Crippen molar-refractivity contribution in [2.75, 3.05) is 13.2 Å². The number of benzene rings is 1. The smallest absolute Gasteiger partial charge is 0.407 e. The highest BCUT2D eigenvalue weighted by Crippen LogP contribution is 2.22. The van der Waals surface area contributed by atoms with Crippen LogP contribution in [0.4, 0.5) is 4.79 Å². The van der Waals surface area contributed by atoms with E-state index in [9.17, 15) is 9.90 Å². The maximum Gasteiger partial charge on any atom is 0.407 e. The Hall–Kier alpha value is -2.67. The number of nitrogens with zero attached hydrogens (tertiary/aromatic N) is 2. The number of aliphatic hydroxyl groups is 1. The second-order valence-electron chi connectivity index (χ2n) is 6.46. The van der Waals surface area contributed by atoms with Gasteiger partial charge in [-0.1, -0.05) is 12.1 Å². The summed E-state index contributed by atoms with van der Waals surface area (Å²) >= 11 is 0. The molecule has 0 saturated heterocycles. The SMILES string of the molecule is CC(C)(C)OC(=O)NCC(CO)c1ccc(Oc2ncccn2)cc1. The van der Waals surface area contributed by atoms with Gasteiger partial charge in [-0.25, -0.2) is 14.8 Å². The van der Waals surface area contributed by atoms with Crippen molar-refractivity contribution in [2.45, 2.75) is 32.3 Å². The van der Waals surface area contributed by atoms with Crippen LogP contribution in [0.3, 0.4) is 0 Å². The van der Waals surface area contributed by atoms with Crippen LogP contribution in [-0.2, 0) is 4.74 Å². The number of hydrogen-bond acceptors (Lipinski definition) is 6. The Morgan fingerprint density at radius 1 is 1.20 bits per heavy atom. The third-order valence-corrected chi connectivity index (χ3v) is 3.21. The highest BCUT2D eigenvalue weighted by Gasteiger charge is 2.18. The molecule has 0 aliphatic carbocycles. The maximum atomic E-state index is 11.7. The van der Waals surface area contributed by atoms with Crippen molar-refractivity contribution in [3.05, 3.63) is 48.3 Å². The molecule has 0 radical (unpaired) electrons.